The van der Waals surface area contributed by atoms with Crippen LogP contribution in [0.1, 0.15) is 283 Å². The van der Waals surface area contributed by atoms with Gasteiger partial charge in [0.2, 0.25) is 17.7 Å². The predicted octanol–water partition coefficient (Wildman–Crippen LogP) is 21.9. The van der Waals surface area contributed by atoms with Crippen molar-refractivity contribution in [2.45, 2.75) is 301 Å². The summed E-state index contributed by atoms with van der Waals surface area (Å²) in [5, 5.41) is 31.6. The Morgan fingerprint density at radius 1 is 0.434 bits per heavy atom. The second-order valence-electron chi connectivity index (χ2n) is 44.2. The Morgan fingerprint density at radius 2 is 0.793 bits per heavy atom. The third-order valence-electron chi connectivity index (χ3n) is 28.6. The number of ketones is 1. The van der Waals surface area contributed by atoms with Gasteiger partial charge >= 0.3 is 23.9 Å². The molecule has 0 radical (unpaired) electrons. The molecular formula is C103H119Cl9F4N16O13. The van der Waals surface area contributed by atoms with Gasteiger partial charge in [-0.05, 0) is 240 Å². The number of carboxylic acid groups (broad SMARTS) is 1. The van der Waals surface area contributed by atoms with E-state index in [1.165, 1.54) is 73.6 Å². The number of ether oxygens (including phenoxy) is 3. The van der Waals surface area contributed by atoms with Crippen molar-refractivity contribution in [2.75, 3.05) is 27.8 Å². The number of anilines is 4. The van der Waals surface area contributed by atoms with Gasteiger partial charge in [-0.2, -0.15) is 0 Å². The van der Waals surface area contributed by atoms with Crippen molar-refractivity contribution in [1.29, 1.82) is 0 Å². The molecule has 29 nitrogen and oxygen atoms in total. The number of fused-ring (bicyclic) bond motifs is 9. The lowest BCUT2D eigenvalue weighted by Crippen LogP contribution is -2.61. The molecule has 0 aromatic carbocycles. The molecular weight excluding hydrogens is 2060 g/mol. The summed E-state index contributed by atoms with van der Waals surface area (Å²) in [4.78, 5) is 147. The zero-order chi connectivity index (χ0) is 106. The van der Waals surface area contributed by atoms with E-state index in [4.69, 9.17) is 113 Å². The summed E-state index contributed by atoms with van der Waals surface area (Å²) in [5.41, 5.74) is 3.24. The molecule has 0 bridgehead atoms. The van der Waals surface area contributed by atoms with E-state index in [1.807, 2.05) is 0 Å². The Hall–Kier alpha value is -9.46. The molecule has 10 N–H and O–H groups in total. The van der Waals surface area contributed by atoms with Gasteiger partial charge in [0.05, 0.1) is 29.4 Å². The average molecular weight is 2180 g/mol. The maximum Gasteiger partial charge on any atom is 0.324 e. The Kier molecular flexibility index (Phi) is 34.4. The summed E-state index contributed by atoms with van der Waals surface area (Å²) in [7, 11) is 0. The Labute approximate surface area is 885 Å². The minimum atomic E-state index is -1.43. The number of carboxylic acids is 1. The van der Waals surface area contributed by atoms with E-state index < -0.39 is 133 Å². The standard InChI is InChI=1S/C27H31Cl2FN4O3.C26H31Cl2FN4O3.C23H23Cl2FN4O3.C13H6Cl2FN3O.C8H14O.C6H13NO2.ClH/c1-24(2,3)37-22(35)20-18(14-6-11-31-21(29)19(14)30)27(26(34-20)9-7-25(4,5)8-10-26)15-13-32-17(28)12-16(15)33-23(27)36;1-24(2,3)36-23(35)20-18(14-6-11-30-21(28)19(14)29)22(34)32-16-12-17(27)31-13-15(16)26(33-20)9-7-25(4,5)8-10-26;1-21(2)4-6-22(7-5-21)23(12-10-28-14(24)9-13(12)29-20(23)33)15(17(30-22)19(31)32)11-3-8-27-18(25)16(11)26;14-10-4-9-8(5-18-10)7(13(20)19-9)3-6-1-2-17-12(15)11(6)16;1-8(2)5-3-7(9)4-6-8;1-6(2,3)9-5(8)4-7;/h6,11-13,18,20,34H,7-10H2,1-5H3,(H,33,36);6,11-13,18,20,33H,7-10H2,1-5H3,(H,32,34);3,8-10,15,17,30H,4-7H2,1-2H3,(H,29,33)(H,31,32);1-5H,(H,19,20);3-6H2,1-2H3;4,7H2,1-3H3;1H/t18-,20+,27+;;15-,17+,23+;;;;/m0.0..../s1. The summed E-state index contributed by atoms with van der Waals surface area (Å²) >= 11 is 48.0. The van der Waals surface area contributed by atoms with Crippen LogP contribution in [0.4, 0.5) is 40.3 Å². The van der Waals surface area contributed by atoms with Crippen LogP contribution >= 0.6 is 105 Å². The molecule has 8 atom stereocenters. The fourth-order valence-electron chi connectivity index (χ4n) is 21.3. The van der Waals surface area contributed by atoms with Gasteiger partial charge in [-0.25, -0.2) is 57.4 Å². The molecule has 780 valence electrons. The number of halogens is 13. The number of esters is 3. The van der Waals surface area contributed by atoms with Crippen molar-refractivity contribution >= 4 is 193 Å². The molecule has 4 aliphatic carbocycles. The second-order valence-corrected chi connectivity index (χ2v) is 47.2. The summed E-state index contributed by atoms with van der Waals surface area (Å²) in [6.07, 6.45) is 25.2. The first-order valence-electron chi connectivity index (χ1n) is 47.3. The zero-order valence-corrected chi connectivity index (χ0v) is 90.1. The molecule has 6 fully saturated rings. The fraction of sp³-hybridized carbons (Fsp3) is 0.505. The highest BCUT2D eigenvalue weighted by Crippen LogP contribution is 2.67. The summed E-state index contributed by atoms with van der Waals surface area (Å²) in [6, 6.07) is 8.49. The first kappa shape index (κ1) is 114. The van der Waals surface area contributed by atoms with Gasteiger partial charge in [-0.1, -0.05) is 148 Å². The van der Waals surface area contributed by atoms with Gasteiger partial charge in [0.15, 0.2) is 43.9 Å². The highest BCUT2D eigenvalue weighted by Gasteiger charge is 2.76. The van der Waals surface area contributed by atoms with E-state index in [0.29, 0.717) is 94.7 Å². The fourth-order valence-corrected chi connectivity index (χ4v) is 22.6. The first-order valence-corrected chi connectivity index (χ1v) is 50.3. The SMILES string of the molecule is CC(C)(C)OC(=O)CN.CC1(C)CCC(=O)CC1.CC1(C)CCC2(CC1)NC(C(=O)OC(C)(C)C)C(c1ccnc(Cl)c1F)C(=O)Nc1cc(Cl)ncc12.CC1(C)CCC2(CC1)N[C@@H](C(=O)O)[C@H](c1ccnc(Cl)c1F)[C@]21C(=O)Nc2cc(Cl)ncc21.CC1(C)CCC2(CC1)N[C@@H](C(=O)OC(C)(C)C)[C@H](c1ccnc(Cl)c1F)[C@]21C(=O)Nc2cc(Cl)ncc21.Cl.O=C1Nc2cc(Cl)ncc2C1=Cc1ccnc(Cl)c1F. The van der Waals surface area contributed by atoms with Crippen LogP contribution in [0.5, 0.6) is 0 Å². The van der Waals surface area contributed by atoms with E-state index in [-0.39, 0.29) is 116 Å². The molecule has 10 aliphatic rings. The smallest absolute Gasteiger partial charge is 0.324 e. The number of hydrogen-bond donors (Lipinski definition) is 9. The Balaban J connectivity index is 0.000000164. The van der Waals surface area contributed by atoms with Crippen molar-refractivity contribution in [3.8, 4) is 0 Å². The number of rotatable bonds is 8. The van der Waals surface area contributed by atoms with E-state index in [0.717, 1.165) is 69.8 Å². The lowest BCUT2D eigenvalue weighted by molar-refractivity contribution is -0.160. The Morgan fingerprint density at radius 3 is 1.21 bits per heavy atom. The van der Waals surface area contributed by atoms with Crippen LogP contribution in [-0.2, 0) is 73.7 Å². The molecule has 8 aromatic rings. The minimum absolute atomic E-state index is 0. The molecule has 14 heterocycles. The Bertz CT molecular complexity index is 6380. The molecule has 4 amide bonds. The normalized spacial score (nSPS) is 24.0. The average Bonchev–Trinajstić information content (AvgIpc) is 1.51. The van der Waals surface area contributed by atoms with E-state index in [2.05, 4.69) is 132 Å². The van der Waals surface area contributed by atoms with E-state index in [9.17, 15) is 52.6 Å². The van der Waals surface area contributed by atoms with Gasteiger partial charge in [0, 0.05) is 136 Å². The number of amides is 4. The molecule has 18 rings (SSSR count). The van der Waals surface area contributed by atoms with Crippen molar-refractivity contribution in [3.05, 3.63) is 207 Å². The number of Topliss-reactive ketones (excluding diaryl/α,β-unsaturated/α-hetero) is 1. The number of aromatic nitrogens is 8. The molecule has 2 saturated heterocycles. The number of nitrogens with zero attached hydrogens (tertiary/aromatic N) is 8. The number of aliphatic carboxylic acids is 1. The highest BCUT2D eigenvalue weighted by molar-refractivity contribution is 6.37. The van der Waals surface area contributed by atoms with E-state index in [1.54, 1.807) is 92.9 Å². The number of pyridine rings is 8. The van der Waals surface area contributed by atoms with Crippen LogP contribution in [-0.4, -0.2) is 151 Å². The number of carbonyl (C=O) groups excluding carboxylic acids is 8. The summed E-state index contributed by atoms with van der Waals surface area (Å²) in [5.74, 6) is -10.4. The van der Waals surface area contributed by atoms with Crippen molar-refractivity contribution in [3.63, 3.8) is 0 Å². The summed E-state index contributed by atoms with van der Waals surface area (Å²) < 4.78 is 76.6. The third-order valence-corrected chi connectivity index (χ3v) is 30.5. The van der Waals surface area contributed by atoms with Crippen LogP contribution in [0, 0.1) is 44.9 Å². The molecule has 5 spiro atoms. The molecule has 8 aromatic heterocycles. The molecule has 4 saturated carbocycles. The van der Waals surface area contributed by atoms with Gasteiger partial charge < -0.3 is 46.3 Å². The largest absolute Gasteiger partial charge is 0.480 e. The van der Waals surface area contributed by atoms with Crippen LogP contribution in [0.15, 0.2) is 98.1 Å². The highest BCUT2D eigenvalue weighted by atomic mass is 35.5. The maximum absolute atomic E-state index is 15.8. The van der Waals surface area contributed by atoms with Crippen LogP contribution in [0.25, 0.3) is 11.6 Å². The molecule has 2 unspecified atom stereocenters. The van der Waals surface area contributed by atoms with Crippen LogP contribution < -0.4 is 43.0 Å². The minimum Gasteiger partial charge on any atom is -0.480 e. The van der Waals surface area contributed by atoms with E-state index >= 15 is 13.2 Å². The lowest BCUT2D eigenvalue weighted by Gasteiger charge is -2.50. The monoisotopic (exact) mass is 2180 g/mol. The van der Waals surface area contributed by atoms with Gasteiger partial charge in [-0.15, -0.1) is 12.4 Å². The van der Waals surface area contributed by atoms with Crippen LogP contribution in [0.2, 0.25) is 41.2 Å². The van der Waals surface area contributed by atoms with Crippen molar-refractivity contribution in [2.24, 2.45) is 27.4 Å². The van der Waals surface area contributed by atoms with Crippen molar-refractivity contribution < 1.29 is 80.0 Å². The number of carbonyl (C=O) groups is 9. The molecule has 6 aliphatic heterocycles. The maximum atomic E-state index is 15.8. The topological polar surface area (TPSA) is 415 Å². The van der Waals surface area contributed by atoms with Gasteiger partial charge in [-0.3, -0.25) is 59.1 Å². The number of nitrogens with two attached hydrogens (primary N) is 1. The van der Waals surface area contributed by atoms with Gasteiger partial charge in [0.25, 0.3) is 5.91 Å². The van der Waals surface area contributed by atoms with Gasteiger partial charge in [0.1, 0.15) is 72.2 Å². The number of nitrogens with one attached hydrogen (secondary N) is 7. The van der Waals surface area contributed by atoms with Crippen molar-refractivity contribution in [1.82, 2.24) is 55.8 Å². The quantitative estimate of drug-likeness (QED) is 0.0224. The first-order chi connectivity index (χ1) is 67.1. The summed E-state index contributed by atoms with van der Waals surface area (Å²) in [6.45, 7) is 33.5. The molecule has 145 heavy (non-hydrogen) atoms. The predicted molar refractivity (Wildman–Crippen MR) is 551 cm³/mol. The lowest BCUT2D eigenvalue weighted by atomic mass is 9.53. The second kappa shape index (κ2) is 43.6. The zero-order valence-electron chi connectivity index (χ0n) is 83.2. The van der Waals surface area contributed by atoms with Crippen LogP contribution in [0.3, 0.4) is 0 Å². The molecule has 42 heteroatoms. The number of hydrogen-bond acceptors (Lipinski definition) is 24. The third kappa shape index (κ3) is 24.2.